The summed E-state index contributed by atoms with van der Waals surface area (Å²) in [5.41, 5.74) is 11.0. The Kier molecular flexibility index (Phi) is 4.76. The SMILES string of the molecule is CCC1CNNC1C1CCCN(C(=O)c2cccc3c(C)c(C)[nH]c23)C1. The quantitative estimate of drug-likeness (QED) is 0.794. The van der Waals surface area contributed by atoms with Crippen LogP contribution in [0.2, 0.25) is 0 Å². The molecule has 3 heterocycles. The van der Waals surface area contributed by atoms with E-state index in [1.54, 1.807) is 0 Å². The monoisotopic (exact) mass is 354 g/mol. The van der Waals surface area contributed by atoms with Crippen LogP contribution < -0.4 is 10.9 Å². The van der Waals surface area contributed by atoms with Crippen molar-refractivity contribution in [1.29, 1.82) is 0 Å². The van der Waals surface area contributed by atoms with Gasteiger partial charge in [0.2, 0.25) is 0 Å². The average molecular weight is 354 g/mol. The minimum atomic E-state index is 0.167. The Balaban J connectivity index is 1.58. The van der Waals surface area contributed by atoms with Gasteiger partial charge in [0.05, 0.1) is 11.1 Å². The third-order valence-corrected chi connectivity index (χ3v) is 6.49. The highest BCUT2D eigenvalue weighted by molar-refractivity contribution is 6.06. The topological polar surface area (TPSA) is 60.2 Å². The summed E-state index contributed by atoms with van der Waals surface area (Å²) >= 11 is 0. The van der Waals surface area contributed by atoms with Crippen LogP contribution in [0.4, 0.5) is 0 Å². The highest BCUT2D eigenvalue weighted by Gasteiger charge is 2.36. The molecular formula is C21H30N4O. The lowest BCUT2D eigenvalue weighted by atomic mass is 9.83. The first-order valence-corrected chi connectivity index (χ1v) is 9.95. The van der Waals surface area contributed by atoms with E-state index in [1.165, 1.54) is 18.4 Å². The van der Waals surface area contributed by atoms with Crippen molar-refractivity contribution in [1.82, 2.24) is 20.7 Å². The van der Waals surface area contributed by atoms with Crippen LogP contribution >= 0.6 is 0 Å². The van der Waals surface area contributed by atoms with Gasteiger partial charge in [-0.15, -0.1) is 0 Å². The maximum atomic E-state index is 13.3. The van der Waals surface area contributed by atoms with Crippen molar-refractivity contribution in [3.63, 3.8) is 0 Å². The molecule has 3 unspecified atom stereocenters. The van der Waals surface area contributed by atoms with Crippen molar-refractivity contribution in [3.05, 3.63) is 35.0 Å². The lowest BCUT2D eigenvalue weighted by molar-refractivity contribution is 0.0636. The average Bonchev–Trinajstić information content (AvgIpc) is 3.26. The molecule has 4 rings (SSSR count). The van der Waals surface area contributed by atoms with Gasteiger partial charge in [0.1, 0.15) is 0 Å². The van der Waals surface area contributed by atoms with Crippen LogP contribution in [-0.2, 0) is 0 Å². The molecule has 1 aromatic heterocycles. The molecule has 26 heavy (non-hydrogen) atoms. The number of nitrogens with zero attached hydrogens (tertiary/aromatic N) is 1. The van der Waals surface area contributed by atoms with E-state index in [2.05, 4.69) is 47.6 Å². The number of hydrogen-bond acceptors (Lipinski definition) is 3. The van der Waals surface area contributed by atoms with Gasteiger partial charge < -0.3 is 9.88 Å². The molecule has 5 nitrogen and oxygen atoms in total. The van der Waals surface area contributed by atoms with E-state index in [0.717, 1.165) is 48.2 Å². The number of fused-ring (bicyclic) bond motifs is 1. The lowest BCUT2D eigenvalue weighted by Gasteiger charge is -2.37. The summed E-state index contributed by atoms with van der Waals surface area (Å²) < 4.78 is 0. The molecule has 3 atom stereocenters. The Hall–Kier alpha value is -1.85. The van der Waals surface area contributed by atoms with Crippen molar-refractivity contribution in [2.75, 3.05) is 19.6 Å². The summed E-state index contributed by atoms with van der Waals surface area (Å²) in [5, 5.41) is 1.16. The van der Waals surface area contributed by atoms with E-state index in [4.69, 9.17) is 0 Å². The van der Waals surface area contributed by atoms with E-state index in [0.29, 0.717) is 17.9 Å². The molecule has 0 saturated carbocycles. The van der Waals surface area contributed by atoms with Crippen molar-refractivity contribution in [2.45, 2.75) is 46.1 Å². The van der Waals surface area contributed by atoms with Crippen molar-refractivity contribution in [3.8, 4) is 0 Å². The first kappa shape index (κ1) is 17.6. The molecule has 2 aliphatic rings. The second-order valence-electron chi connectivity index (χ2n) is 7.98. The number of piperidine rings is 1. The Morgan fingerprint density at radius 1 is 1.31 bits per heavy atom. The molecule has 1 amide bonds. The Morgan fingerprint density at radius 3 is 2.96 bits per heavy atom. The summed E-state index contributed by atoms with van der Waals surface area (Å²) in [7, 11) is 0. The number of para-hydroxylation sites is 1. The summed E-state index contributed by atoms with van der Waals surface area (Å²) in [6.45, 7) is 9.19. The number of carbonyl (C=O) groups excluding carboxylic acids is 1. The van der Waals surface area contributed by atoms with Gasteiger partial charge in [-0.3, -0.25) is 15.6 Å². The zero-order valence-electron chi connectivity index (χ0n) is 16.1. The first-order chi connectivity index (χ1) is 12.6. The van der Waals surface area contributed by atoms with Gasteiger partial charge in [0.15, 0.2) is 0 Å². The van der Waals surface area contributed by atoms with Gasteiger partial charge in [0, 0.05) is 36.8 Å². The van der Waals surface area contributed by atoms with Crippen LogP contribution in [0.15, 0.2) is 18.2 Å². The van der Waals surface area contributed by atoms with Gasteiger partial charge in [-0.05, 0) is 50.2 Å². The second kappa shape index (κ2) is 7.05. The van der Waals surface area contributed by atoms with Gasteiger partial charge in [-0.2, -0.15) is 0 Å². The summed E-state index contributed by atoms with van der Waals surface area (Å²) in [6.07, 6.45) is 3.46. The number of hydrogen-bond donors (Lipinski definition) is 3. The van der Waals surface area contributed by atoms with Gasteiger partial charge in [-0.25, -0.2) is 0 Å². The number of aromatic nitrogens is 1. The van der Waals surface area contributed by atoms with Gasteiger partial charge in [0.25, 0.3) is 5.91 Å². The largest absolute Gasteiger partial charge is 0.358 e. The molecular weight excluding hydrogens is 324 g/mol. The Morgan fingerprint density at radius 2 is 2.15 bits per heavy atom. The maximum Gasteiger partial charge on any atom is 0.255 e. The van der Waals surface area contributed by atoms with Gasteiger partial charge >= 0.3 is 0 Å². The molecule has 140 valence electrons. The molecule has 2 aromatic rings. The van der Waals surface area contributed by atoms with Gasteiger partial charge in [-0.1, -0.05) is 25.5 Å². The fourth-order valence-electron chi connectivity index (χ4n) is 4.77. The number of likely N-dealkylation sites (tertiary alicyclic amines) is 1. The number of benzene rings is 1. The van der Waals surface area contributed by atoms with Crippen LogP contribution in [0.1, 0.15) is 47.8 Å². The highest BCUT2D eigenvalue weighted by atomic mass is 16.2. The molecule has 2 aliphatic heterocycles. The molecule has 5 heteroatoms. The van der Waals surface area contributed by atoms with E-state index in [1.807, 2.05) is 12.1 Å². The van der Waals surface area contributed by atoms with Crippen molar-refractivity contribution in [2.24, 2.45) is 11.8 Å². The predicted octanol–water partition coefficient (Wildman–Crippen LogP) is 3.14. The molecule has 3 N–H and O–H groups in total. The van der Waals surface area contributed by atoms with Crippen molar-refractivity contribution >= 4 is 16.8 Å². The normalized spacial score (nSPS) is 26.6. The van der Waals surface area contributed by atoms with E-state index >= 15 is 0 Å². The summed E-state index contributed by atoms with van der Waals surface area (Å²) in [6, 6.07) is 6.55. The zero-order chi connectivity index (χ0) is 18.3. The molecule has 0 aliphatic carbocycles. The number of H-pyrrole nitrogens is 1. The highest BCUT2D eigenvalue weighted by Crippen LogP contribution is 2.30. The second-order valence-corrected chi connectivity index (χ2v) is 7.98. The predicted molar refractivity (Wildman–Crippen MR) is 105 cm³/mol. The van der Waals surface area contributed by atoms with E-state index in [9.17, 15) is 4.79 Å². The molecule has 0 radical (unpaired) electrons. The standard InChI is InChI=1S/C21H30N4O/c1-4-15-11-22-24-19(15)16-7-6-10-25(12-16)21(26)18-9-5-8-17-13(2)14(3)23-20(17)18/h5,8-9,15-16,19,22-24H,4,6-7,10-12H2,1-3H3. The number of carbonyl (C=O) groups is 1. The fourth-order valence-corrected chi connectivity index (χ4v) is 4.77. The molecule has 1 aromatic carbocycles. The minimum absolute atomic E-state index is 0.167. The molecule has 2 saturated heterocycles. The maximum absolute atomic E-state index is 13.3. The molecule has 2 fully saturated rings. The number of amides is 1. The van der Waals surface area contributed by atoms with Crippen LogP contribution in [0.25, 0.3) is 10.9 Å². The number of nitrogens with one attached hydrogen (secondary N) is 3. The number of hydrazine groups is 1. The number of rotatable bonds is 3. The summed E-state index contributed by atoms with van der Waals surface area (Å²) in [5.74, 6) is 1.35. The zero-order valence-corrected chi connectivity index (χ0v) is 16.1. The van der Waals surface area contributed by atoms with Crippen molar-refractivity contribution < 1.29 is 4.79 Å². The molecule has 0 spiro atoms. The number of aromatic amines is 1. The third kappa shape index (κ3) is 2.93. The minimum Gasteiger partial charge on any atom is -0.358 e. The Labute approximate surface area is 155 Å². The van der Waals surface area contributed by atoms with Crippen LogP contribution in [0, 0.1) is 25.7 Å². The molecule has 0 bridgehead atoms. The van der Waals surface area contributed by atoms with Crippen LogP contribution in [0.5, 0.6) is 0 Å². The lowest BCUT2D eigenvalue weighted by Crippen LogP contribution is -2.48. The first-order valence-electron chi connectivity index (χ1n) is 9.95. The third-order valence-electron chi connectivity index (χ3n) is 6.49. The fraction of sp³-hybridized carbons (Fsp3) is 0.571. The smallest absolute Gasteiger partial charge is 0.255 e. The van der Waals surface area contributed by atoms with E-state index in [-0.39, 0.29) is 5.91 Å². The number of aryl methyl sites for hydroxylation is 2. The van der Waals surface area contributed by atoms with Crippen LogP contribution in [-0.4, -0.2) is 41.5 Å². The van der Waals surface area contributed by atoms with Crippen LogP contribution in [0.3, 0.4) is 0 Å². The van der Waals surface area contributed by atoms with E-state index < -0.39 is 0 Å². The Bertz CT molecular complexity index is 812. The summed E-state index contributed by atoms with van der Waals surface area (Å²) in [4.78, 5) is 18.8.